The Hall–Kier alpha value is -1.58. The van der Waals surface area contributed by atoms with Gasteiger partial charge in [-0.2, -0.15) is 0 Å². The smallest absolute Gasteiger partial charge is 0.224 e. The van der Waals surface area contributed by atoms with Crippen LogP contribution in [0.4, 0.5) is 5.82 Å². The molecule has 0 aliphatic carbocycles. The lowest BCUT2D eigenvalue weighted by Crippen LogP contribution is -2.49. The third-order valence-corrected chi connectivity index (χ3v) is 4.96. The largest absolute Gasteiger partial charge is 0.356 e. The van der Waals surface area contributed by atoms with Gasteiger partial charge >= 0.3 is 0 Å². The van der Waals surface area contributed by atoms with Crippen molar-refractivity contribution in [1.82, 2.24) is 20.5 Å². The highest BCUT2D eigenvalue weighted by atomic mass is 127. The molecule has 29 heavy (non-hydrogen) atoms. The van der Waals surface area contributed by atoms with Gasteiger partial charge in [0.15, 0.2) is 5.96 Å². The molecule has 164 valence electrons. The Balaban J connectivity index is 0.00000420. The zero-order chi connectivity index (χ0) is 20.2. The number of piperazine rings is 1. The zero-order valence-electron chi connectivity index (χ0n) is 18.1. The first-order valence-electron chi connectivity index (χ1n) is 10.5. The van der Waals surface area contributed by atoms with Crippen molar-refractivity contribution in [2.45, 2.75) is 39.5 Å². The molecule has 1 amide bonds. The third-order valence-electron chi connectivity index (χ3n) is 4.96. The van der Waals surface area contributed by atoms with Crippen LogP contribution in [0.25, 0.3) is 0 Å². The molecule has 2 N–H and O–H groups in total. The van der Waals surface area contributed by atoms with Crippen molar-refractivity contribution in [3.05, 3.63) is 24.4 Å². The number of carbonyl (C=O) groups is 1. The summed E-state index contributed by atoms with van der Waals surface area (Å²) >= 11 is 0. The summed E-state index contributed by atoms with van der Waals surface area (Å²) in [5.74, 6) is 2.71. The number of halogens is 1. The van der Waals surface area contributed by atoms with Crippen LogP contribution in [0.1, 0.15) is 39.5 Å². The van der Waals surface area contributed by atoms with Crippen molar-refractivity contribution in [1.29, 1.82) is 0 Å². The van der Waals surface area contributed by atoms with E-state index in [0.717, 1.165) is 56.8 Å². The third kappa shape index (κ3) is 9.64. The van der Waals surface area contributed by atoms with Crippen LogP contribution in [-0.4, -0.2) is 68.1 Å². The van der Waals surface area contributed by atoms with E-state index in [2.05, 4.69) is 39.4 Å². The number of nitrogens with zero attached hydrogens (tertiary/aromatic N) is 4. The minimum absolute atomic E-state index is 0. The van der Waals surface area contributed by atoms with Crippen molar-refractivity contribution in [2.24, 2.45) is 10.9 Å². The first kappa shape index (κ1) is 25.5. The Morgan fingerprint density at radius 2 is 1.86 bits per heavy atom. The number of carbonyl (C=O) groups excluding carboxylic acids is 1. The van der Waals surface area contributed by atoms with Crippen molar-refractivity contribution >= 4 is 41.7 Å². The van der Waals surface area contributed by atoms with Crippen LogP contribution in [0, 0.1) is 5.92 Å². The Kier molecular flexibility index (Phi) is 12.6. The average Bonchev–Trinajstić information content (AvgIpc) is 2.72. The summed E-state index contributed by atoms with van der Waals surface area (Å²) in [6.45, 7) is 9.18. The van der Waals surface area contributed by atoms with Crippen LogP contribution < -0.4 is 15.5 Å². The van der Waals surface area contributed by atoms with Gasteiger partial charge in [0.05, 0.1) is 0 Å². The number of aromatic nitrogens is 1. The highest BCUT2D eigenvalue weighted by Crippen LogP contribution is 2.12. The highest BCUT2D eigenvalue weighted by molar-refractivity contribution is 14.0. The lowest BCUT2D eigenvalue weighted by molar-refractivity contribution is -0.131. The van der Waals surface area contributed by atoms with Gasteiger partial charge < -0.3 is 20.4 Å². The summed E-state index contributed by atoms with van der Waals surface area (Å²) in [5.41, 5.74) is 0. The molecule has 0 aromatic carbocycles. The molecule has 1 saturated heterocycles. The lowest BCUT2D eigenvalue weighted by atomic mass is 10.1. The van der Waals surface area contributed by atoms with Crippen LogP contribution in [0.2, 0.25) is 0 Å². The maximum absolute atomic E-state index is 12.5. The molecule has 1 aromatic rings. The fraction of sp³-hybridized carbons (Fsp3) is 0.667. The Morgan fingerprint density at radius 3 is 2.48 bits per heavy atom. The monoisotopic (exact) mass is 516 g/mol. The molecule has 0 atom stereocenters. The molecule has 2 rings (SSSR count). The molecular weight excluding hydrogens is 479 g/mol. The molecule has 1 fully saturated rings. The van der Waals surface area contributed by atoms with Crippen molar-refractivity contribution < 1.29 is 4.79 Å². The molecule has 0 radical (unpaired) electrons. The number of aliphatic imine (C=N–C) groups is 1. The van der Waals surface area contributed by atoms with E-state index in [-0.39, 0.29) is 29.9 Å². The number of nitrogens with one attached hydrogen (secondary N) is 2. The highest BCUT2D eigenvalue weighted by Gasteiger charge is 2.21. The average molecular weight is 516 g/mol. The summed E-state index contributed by atoms with van der Waals surface area (Å²) in [6.07, 6.45) is 5.92. The van der Waals surface area contributed by atoms with Crippen molar-refractivity contribution in [3.63, 3.8) is 0 Å². The number of hydrogen-bond donors (Lipinski definition) is 2. The van der Waals surface area contributed by atoms with Crippen LogP contribution in [-0.2, 0) is 4.79 Å². The van der Waals surface area contributed by atoms with E-state index >= 15 is 0 Å². The predicted octanol–water partition coefficient (Wildman–Crippen LogP) is 2.73. The first-order valence-corrected chi connectivity index (χ1v) is 10.5. The fourth-order valence-corrected chi connectivity index (χ4v) is 3.28. The molecule has 0 spiro atoms. The molecule has 2 heterocycles. The van der Waals surface area contributed by atoms with Gasteiger partial charge in [0.2, 0.25) is 5.91 Å². The molecule has 7 nitrogen and oxygen atoms in total. The number of rotatable bonds is 9. The van der Waals surface area contributed by atoms with Crippen LogP contribution >= 0.6 is 24.0 Å². The van der Waals surface area contributed by atoms with Gasteiger partial charge in [-0.3, -0.25) is 9.79 Å². The van der Waals surface area contributed by atoms with Gasteiger partial charge in [0.1, 0.15) is 5.82 Å². The van der Waals surface area contributed by atoms with Crippen LogP contribution in [0.3, 0.4) is 0 Å². The van der Waals surface area contributed by atoms with Gasteiger partial charge in [-0.1, -0.05) is 32.8 Å². The number of hydrogen-bond acceptors (Lipinski definition) is 4. The summed E-state index contributed by atoms with van der Waals surface area (Å²) < 4.78 is 0. The molecule has 0 bridgehead atoms. The number of unbranched alkanes of at least 4 members (excludes halogenated alkanes) is 1. The number of pyridine rings is 1. The molecule has 0 saturated carbocycles. The van der Waals surface area contributed by atoms with E-state index < -0.39 is 0 Å². The van der Waals surface area contributed by atoms with Gasteiger partial charge in [-0.05, 0) is 24.5 Å². The molecule has 8 heteroatoms. The van der Waals surface area contributed by atoms with Gasteiger partial charge in [-0.25, -0.2) is 4.98 Å². The number of anilines is 1. The summed E-state index contributed by atoms with van der Waals surface area (Å²) in [6, 6.07) is 5.93. The second kappa shape index (κ2) is 14.4. The quantitative estimate of drug-likeness (QED) is 0.229. The minimum atomic E-state index is 0. The second-order valence-electron chi connectivity index (χ2n) is 7.62. The van der Waals surface area contributed by atoms with E-state index in [1.54, 1.807) is 7.05 Å². The topological polar surface area (TPSA) is 72.9 Å². The first-order chi connectivity index (χ1) is 13.6. The maximum atomic E-state index is 12.5. The SMILES string of the molecule is CN=C(NCCCCC(C)C)NCCC(=O)N1CCN(c2ccccn2)CC1.I. The van der Waals surface area contributed by atoms with E-state index in [4.69, 9.17) is 0 Å². The van der Waals surface area contributed by atoms with E-state index in [0.29, 0.717) is 13.0 Å². The maximum Gasteiger partial charge on any atom is 0.224 e. The summed E-state index contributed by atoms with van der Waals surface area (Å²) in [7, 11) is 1.77. The predicted molar refractivity (Wildman–Crippen MR) is 131 cm³/mol. The lowest BCUT2D eigenvalue weighted by Gasteiger charge is -2.35. The van der Waals surface area contributed by atoms with Gasteiger partial charge in [0, 0.05) is 58.9 Å². The number of amides is 1. The minimum Gasteiger partial charge on any atom is -0.356 e. The molecule has 1 aromatic heterocycles. The van der Waals surface area contributed by atoms with E-state index in [9.17, 15) is 4.79 Å². The molecule has 1 aliphatic rings. The standard InChI is InChI=1S/C21H36N6O.HI/c1-18(2)8-4-6-12-24-21(22-3)25-13-10-20(28)27-16-14-26(15-17-27)19-9-5-7-11-23-19;/h5,7,9,11,18H,4,6,8,10,12-17H2,1-3H3,(H2,22,24,25);1H. The van der Waals surface area contributed by atoms with Gasteiger partial charge in [-0.15, -0.1) is 24.0 Å². The molecule has 0 unspecified atom stereocenters. The molecule has 1 aliphatic heterocycles. The van der Waals surface area contributed by atoms with Gasteiger partial charge in [0.25, 0.3) is 0 Å². The normalized spacial score (nSPS) is 14.6. The van der Waals surface area contributed by atoms with Crippen molar-refractivity contribution in [3.8, 4) is 0 Å². The summed E-state index contributed by atoms with van der Waals surface area (Å²) in [5, 5.41) is 6.57. The van der Waals surface area contributed by atoms with Crippen molar-refractivity contribution in [2.75, 3.05) is 51.2 Å². The Bertz CT molecular complexity index is 602. The zero-order valence-corrected chi connectivity index (χ0v) is 20.4. The van der Waals surface area contributed by atoms with E-state index in [1.165, 1.54) is 12.8 Å². The Labute approximate surface area is 192 Å². The van der Waals surface area contributed by atoms with Crippen LogP contribution in [0.15, 0.2) is 29.4 Å². The van der Waals surface area contributed by atoms with E-state index in [1.807, 2.05) is 29.3 Å². The fourth-order valence-electron chi connectivity index (χ4n) is 3.28. The Morgan fingerprint density at radius 1 is 1.14 bits per heavy atom. The molecular formula is C21H37IN6O. The summed E-state index contributed by atoms with van der Waals surface area (Å²) in [4.78, 5) is 25.3. The second-order valence-corrected chi connectivity index (χ2v) is 7.62. The number of guanidine groups is 1. The van der Waals surface area contributed by atoms with Crippen LogP contribution in [0.5, 0.6) is 0 Å².